The van der Waals surface area contributed by atoms with Gasteiger partial charge in [-0.3, -0.25) is 0 Å². The molecule has 10 rings (SSSR count). The van der Waals surface area contributed by atoms with E-state index in [1.807, 2.05) is 121 Å². The first-order valence-electron chi connectivity index (χ1n) is 19.2. The van der Waals surface area contributed by atoms with E-state index in [1.54, 1.807) is 4.57 Å². The summed E-state index contributed by atoms with van der Waals surface area (Å²) in [6.07, 6.45) is 0. The van der Waals surface area contributed by atoms with Gasteiger partial charge in [-0.2, -0.15) is 0 Å². The van der Waals surface area contributed by atoms with Crippen molar-refractivity contribution in [1.29, 1.82) is 0 Å². The number of nitrogens with zero attached hydrogens (tertiary/aromatic N) is 4. The number of para-hydroxylation sites is 4. The van der Waals surface area contributed by atoms with Crippen LogP contribution in [0.3, 0.4) is 0 Å². The topological polar surface area (TPSA) is 56.7 Å². The molecule has 0 amide bonds. The van der Waals surface area contributed by atoms with Gasteiger partial charge in [0.1, 0.15) is 11.2 Å². The number of benzene rings is 7. The predicted octanol–water partition coefficient (Wildman–Crippen LogP) is 11.5. The Hall–Kier alpha value is -6.85. The van der Waals surface area contributed by atoms with Crippen LogP contribution in [0.1, 0.15) is 8.22 Å². The molecule has 10 aromatic rings. The van der Waals surface area contributed by atoms with Gasteiger partial charge in [-0.25, -0.2) is 15.0 Å². The average Bonchev–Trinajstić information content (AvgIpc) is 3.80. The van der Waals surface area contributed by atoms with E-state index in [9.17, 15) is 0 Å². The van der Waals surface area contributed by atoms with Gasteiger partial charge in [-0.15, -0.1) is 0 Å². The number of rotatable bonds is 5. The summed E-state index contributed by atoms with van der Waals surface area (Å²) in [6, 6.07) is 40.7. The Kier molecular flexibility index (Phi) is 5.17. The largest absolute Gasteiger partial charge is 0.455 e. The highest BCUT2D eigenvalue weighted by Gasteiger charge is 2.21. The fourth-order valence-electron chi connectivity index (χ4n) is 6.74. The lowest BCUT2D eigenvalue weighted by molar-refractivity contribution is 0.670. The molecule has 0 bridgehead atoms. The second kappa shape index (κ2) is 11.4. The smallest absolute Gasteiger partial charge is 0.166 e. The molecule has 3 heterocycles. The Morgan fingerprint density at radius 2 is 1.06 bits per heavy atom. The zero-order chi connectivity index (χ0) is 38.2. The molecule has 234 valence electrons. The molecule has 0 atom stereocenters. The molecule has 0 unspecified atom stereocenters. The van der Waals surface area contributed by atoms with Crippen molar-refractivity contribution >= 4 is 43.7 Å². The van der Waals surface area contributed by atoms with Crippen molar-refractivity contribution in [2.24, 2.45) is 0 Å². The van der Waals surface area contributed by atoms with E-state index >= 15 is 0 Å². The molecule has 0 saturated heterocycles. The summed E-state index contributed by atoms with van der Waals surface area (Å²) in [5, 5.41) is 2.29. The highest BCUT2D eigenvalue weighted by molar-refractivity contribution is 6.11. The maximum atomic E-state index is 9.16. The molecule has 3 aromatic heterocycles. The minimum Gasteiger partial charge on any atom is -0.455 e. The fourth-order valence-corrected chi connectivity index (χ4v) is 6.74. The van der Waals surface area contributed by atoms with Crippen LogP contribution in [0.4, 0.5) is 0 Å². The molecule has 0 aliphatic carbocycles. The molecule has 50 heavy (non-hydrogen) atoms. The highest BCUT2D eigenvalue weighted by atomic mass is 16.3. The highest BCUT2D eigenvalue weighted by Crippen LogP contribution is 2.41. The monoisotopic (exact) mass is 646 g/mol. The van der Waals surface area contributed by atoms with E-state index < -0.39 is 0 Å². The first kappa shape index (κ1) is 22.7. The van der Waals surface area contributed by atoms with Crippen LogP contribution in [-0.4, -0.2) is 19.5 Å². The molecule has 5 heteroatoms. The van der Waals surface area contributed by atoms with E-state index in [2.05, 4.69) is 0 Å². The van der Waals surface area contributed by atoms with Crippen molar-refractivity contribution in [3.05, 3.63) is 170 Å². The molecule has 0 aliphatic rings. The molecule has 7 aromatic carbocycles. The molecule has 0 N–H and O–H groups in total. The Bertz CT molecular complexity index is 3090. The lowest BCUT2D eigenvalue weighted by Crippen LogP contribution is -2.04. The molecule has 5 nitrogen and oxygen atoms in total. The molecular formula is C45H28N4O. The van der Waals surface area contributed by atoms with Crippen LogP contribution in [0.2, 0.25) is 0 Å². The van der Waals surface area contributed by atoms with E-state index in [1.165, 1.54) is 12.1 Å². The standard InChI is InChI=1S/C45H28N4O/c1-3-14-29(15-4-1)43-46-44(30-16-5-2-6-17-30)48-45(47-43)37-28-31(32-21-13-22-36-35-20-9-12-25-41(35)50-42(32)36)26-27-40(37)49-38-23-10-7-18-33(38)34-19-8-11-24-39(34)49/h1-28H/i7D,8D,18D,19D,23D,24D. The molecule has 0 fully saturated rings. The van der Waals surface area contributed by atoms with Gasteiger partial charge in [0.05, 0.1) is 24.9 Å². The normalized spacial score (nSPS) is 13.3. The first-order valence-corrected chi connectivity index (χ1v) is 16.2. The van der Waals surface area contributed by atoms with Crippen molar-refractivity contribution in [3.63, 3.8) is 0 Å². The summed E-state index contributed by atoms with van der Waals surface area (Å²) in [5.74, 6) is 1.19. The van der Waals surface area contributed by atoms with Crippen LogP contribution in [0.15, 0.2) is 174 Å². The first-order chi connectivity index (χ1) is 27.3. The second-order valence-corrected chi connectivity index (χ2v) is 11.9. The number of aromatic nitrogens is 4. The van der Waals surface area contributed by atoms with Gasteiger partial charge < -0.3 is 8.98 Å². The van der Waals surface area contributed by atoms with E-state index in [0.29, 0.717) is 34.3 Å². The molecule has 0 spiro atoms. The van der Waals surface area contributed by atoms with Gasteiger partial charge in [0, 0.05) is 43.8 Å². The summed E-state index contributed by atoms with van der Waals surface area (Å²) < 4.78 is 61.5. The third kappa shape index (κ3) is 4.52. The summed E-state index contributed by atoms with van der Waals surface area (Å²) in [6.45, 7) is 0. The third-order valence-electron chi connectivity index (χ3n) is 9.02. The lowest BCUT2D eigenvalue weighted by Gasteiger charge is -2.16. The number of fused-ring (bicyclic) bond motifs is 6. The van der Waals surface area contributed by atoms with Gasteiger partial charge in [0.15, 0.2) is 17.5 Å². The van der Waals surface area contributed by atoms with Crippen molar-refractivity contribution in [2.75, 3.05) is 0 Å². The molecule has 0 saturated carbocycles. The summed E-state index contributed by atoms with van der Waals surface area (Å²) in [7, 11) is 0. The lowest BCUT2D eigenvalue weighted by atomic mass is 9.98. The number of hydrogen-bond acceptors (Lipinski definition) is 4. The minimum absolute atomic E-state index is 0.0600. The van der Waals surface area contributed by atoms with Crippen LogP contribution < -0.4 is 0 Å². The minimum atomic E-state index is -0.189. The van der Waals surface area contributed by atoms with E-state index in [0.717, 1.165) is 38.6 Å². The van der Waals surface area contributed by atoms with Crippen molar-refractivity contribution in [3.8, 4) is 51.0 Å². The van der Waals surface area contributed by atoms with Crippen LogP contribution in [0, 0.1) is 0 Å². The maximum Gasteiger partial charge on any atom is 0.166 e. The Balaban J connectivity index is 1.35. The summed E-state index contributed by atoms with van der Waals surface area (Å²) >= 11 is 0. The van der Waals surface area contributed by atoms with Crippen molar-refractivity contribution in [2.45, 2.75) is 0 Å². The average molecular weight is 647 g/mol. The van der Waals surface area contributed by atoms with Gasteiger partial charge in [-0.1, -0.05) is 139 Å². The summed E-state index contributed by atoms with van der Waals surface area (Å²) in [4.78, 5) is 15.1. The number of furan rings is 1. The van der Waals surface area contributed by atoms with Crippen LogP contribution in [0.5, 0.6) is 0 Å². The fraction of sp³-hybridized carbons (Fsp3) is 0. The SMILES string of the molecule is [2H]c1cc([2H])c2c(c1[2H])c1c([2H])c([2H])cc([2H])c1n2-c1ccc(-c2cccc3c2oc2ccccc23)cc1-c1nc(-c2ccccc2)nc(-c2ccccc2)n1. The molecule has 0 radical (unpaired) electrons. The number of hydrogen-bond donors (Lipinski definition) is 0. The molecule has 0 aliphatic heterocycles. The zero-order valence-corrected chi connectivity index (χ0v) is 26.4. The maximum absolute atomic E-state index is 9.16. The zero-order valence-electron chi connectivity index (χ0n) is 32.4. The molecular weight excluding hydrogens is 613 g/mol. The van der Waals surface area contributed by atoms with Gasteiger partial charge >= 0.3 is 0 Å². The van der Waals surface area contributed by atoms with Gasteiger partial charge in [-0.05, 0) is 35.8 Å². The quantitative estimate of drug-likeness (QED) is 0.187. The van der Waals surface area contributed by atoms with Crippen LogP contribution in [0.25, 0.3) is 94.7 Å². The van der Waals surface area contributed by atoms with Gasteiger partial charge in [0.25, 0.3) is 0 Å². The van der Waals surface area contributed by atoms with Gasteiger partial charge in [0.2, 0.25) is 0 Å². The van der Waals surface area contributed by atoms with Crippen molar-refractivity contribution in [1.82, 2.24) is 19.5 Å². The second-order valence-electron chi connectivity index (χ2n) is 11.9. The van der Waals surface area contributed by atoms with E-state index in [4.69, 9.17) is 27.6 Å². The Morgan fingerprint density at radius 3 is 1.74 bits per heavy atom. The summed E-state index contributed by atoms with van der Waals surface area (Å²) in [5.41, 5.74) is 6.13. The van der Waals surface area contributed by atoms with Crippen LogP contribution >= 0.6 is 0 Å². The predicted molar refractivity (Wildman–Crippen MR) is 203 cm³/mol. The Morgan fingerprint density at radius 1 is 0.460 bits per heavy atom. The third-order valence-corrected chi connectivity index (χ3v) is 9.02. The Labute approximate surface area is 296 Å². The van der Waals surface area contributed by atoms with E-state index in [-0.39, 0.29) is 58.1 Å². The van der Waals surface area contributed by atoms with Crippen LogP contribution in [-0.2, 0) is 0 Å². The van der Waals surface area contributed by atoms with Crippen molar-refractivity contribution < 1.29 is 12.6 Å².